The third-order valence-electron chi connectivity index (χ3n) is 3.65. The smallest absolute Gasteiger partial charge is 0.133 e. The molecule has 0 atom stereocenters. The molecule has 128 valence electrons. The van der Waals surface area contributed by atoms with Gasteiger partial charge in [0.2, 0.25) is 0 Å². The number of halogens is 1. The third kappa shape index (κ3) is 4.98. The molecule has 0 saturated carbocycles. The lowest BCUT2D eigenvalue weighted by molar-refractivity contribution is 0.292. The van der Waals surface area contributed by atoms with Crippen molar-refractivity contribution in [2.45, 2.75) is 12.8 Å². The Labute approximate surface area is 151 Å². The molecule has 3 aromatic rings. The number of aliphatic hydroxyl groups is 1. The summed E-state index contributed by atoms with van der Waals surface area (Å²) in [5.41, 5.74) is 2.89. The van der Waals surface area contributed by atoms with Crippen molar-refractivity contribution in [3.8, 4) is 11.3 Å². The fraction of sp³-hybridized carbons (Fsp3) is 0.211. The van der Waals surface area contributed by atoms with Crippen LogP contribution in [-0.2, 0) is 6.42 Å². The molecule has 0 saturated heterocycles. The summed E-state index contributed by atoms with van der Waals surface area (Å²) in [6.45, 7) is 0.836. The first-order valence-electron chi connectivity index (χ1n) is 8.12. The second-order valence-electron chi connectivity index (χ2n) is 5.60. The zero-order valence-corrected chi connectivity index (χ0v) is 14.4. The molecule has 1 aromatic carbocycles. The zero-order chi connectivity index (χ0) is 17.5. The maximum atomic E-state index is 8.86. The van der Waals surface area contributed by atoms with Crippen molar-refractivity contribution in [2.24, 2.45) is 0 Å². The summed E-state index contributed by atoms with van der Waals surface area (Å²) in [6, 6.07) is 13.5. The molecule has 5 nitrogen and oxygen atoms in total. The average molecular weight is 355 g/mol. The Morgan fingerprint density at radius 2 is 1.92 bits per heavy atom. The van der Waals surface area contributed by atoms with Crippen molar-refractivity contribution >= 4 is 17.4 Å². The van der Waals surface area contributed by atoms with Crippen LogP contribution in [0.1, 0.15) is 17.8 Å². The van der Waals surface area contributed by atoms with E-state index in [0.717, 1.165) is 28.5 Å². The van der Waals surface area contributed by atoms with Crippen molar-refractivity contribution in [2.75, 3.05) is 18.5 Å². The van der Waals surface area contributed by atoms with Crippen molar-refractivity contribution in [3.63, 3.8) is 0 Å². The summed E-state index contributed by atoms with van der Waals surface area (Å²) in [6.07, 6.45) is 4.82. The minimum Gasteiger partial charge on any atom is -0.396 e. The van der Waals surface area contributed by atoms with Crippen LogP contribution in [0.4, 0.5) is 5.82 Å². The van der Waals surface area contributed by atoms with Crippen molar-refractivity contribution in [3.05, 3.63) is 71.3 Å². The van der Waals surface area contributed by atoms with Gasteiger partial charge < -0.3 is 10.4 Å². The van der Waals surface area contributed by atoms with Gasteiger partial charge in [0.1, 0.15) is 11.6 Å². The highest BCUT2D eigenvalue weighted by atomic mass is 35.5. The normalized spacial score (nSPS) is 10.6. The molecular weight excluding hydrogens is 336 g/mol. The number of pyridine rings is 1. The van der Waals surface area contributed by atoms with Gasteiger partial charge in [-0.15, -0.1) is 0 Å². The van der Waals surface area contributed by atoms with E-state index in [2.05, 4.69) is 20.3 Å². The van der Waals surface area contributed by atoms with Crippen LogP contribution in [0.15, 0.2) is 54.9 Å². The molecule has 6 heteroatoms. The van der Waals surface area contributed by atoms with E-state index in [-0.39, 0.29) is 6.61 Å². The van der Waals surface area contributed by atoms with Crippen LogP contribution in [0.3, 0.4) is 0 Å². The zero-order valence-electron chi connectivity index (χ0n) is 13.7. The Hall–Kier alpha value is -2.50. The van der Waals surface area contributed by atoms with E-state index >= 15 is 0 Å². The van der Waals surface area contributed by atoms with Crippen molar-refractivity contribution in [1.82, 2.24) is 15.0 Å². The fourth-order valence-electron chi connectivity index (χ4n) is 2.46. The Bertz CT molecular complexity index is 841. The molecule has 0 unspecified atom stereocenters. The molecule has 25 heavy (non-hydrogen) atoms. The van der Waals surface area contributed by atoms with Crippen LogP contribution in [0.2, 0.25) is 5.02 Å². The minimum absolute atomic E-state index is 0.158. The first-order valence-corrected chi connectivity index (χ1v) is 8.50. The summed E-state index contributed by atoms with van der Waals surface area (Å²) in [5, 5.41) is 12.8. The van der Waals surface area contributed by atoms with Gasteiger partial charge in [-0.2, -0.15) is 0 Å². The molecule has 3 rings (SSSR count). The molecular formula is C19H19ClN4O. The second-order valence-corrected chi connectivity index (χ2v) is 6.03. The number of nitrogens with zero attached hydrogens (tertiary/aromatic N) is 3. The quantitative estimate of drug-likeness (QED) is 0.634. The highest BCUT2D eigenvalue weighted by molar-refractivity contribution is 6.30. The number of hydrogen-bond acceptors (Lipinski definition) is 5. The van der Waals surface area contributed by atoms with E-state index in [0.29, 0.717) is 24.4 Å². The number of aliphatic hydroxyl groups excluding tert-OH is 1. The summed E-state index contributed by atoms with van der Waals surface area (Å²) >= 11 is 6.04. The Kier molecular flexibility index (Phi) is 5.93. The molecule has 2 heterocycles. The summed E-state index contributed by atoms with van der Waals surface area (Å²) in [5.74, 6) is 1.51. The lowest BCUT2D eigenvalue weighted by Crippen LogP contribution is -2.05. The highest BCUT2D eigenvalue weighted by Crippen LogP contribution is 2.20. The number of benzene rings is 1. The lowest BCUT2D eigenvalue weighted by atomic mass is 10.1. The lowest BCUT2D eigenvalue weighted by Gasteiger charge is -2.08. The van der Waals surface area contributed by atoms with Gasteiger partial charge in [0, 0.05) is 42.6 Å². The fourth-order valence-corrected chi connectivity index (χ4v) is 2.67. The largest absolute Gasteiger partial charge is 0.396 e. The molecule has 0 aliphatic carbocycles. The Morgan fingerprint density at radius 3 is 2.76 bits per heavy atom. The van der Waals surface area contributed by atoms with Crippen LogP contribution in [0.25, 0.3) is 11.3 Å². The standard InChI is InChI=1S/C19H19ClN4O/c20-16-4-1-3-14(11-16)12-19-23-9-6-17(24-19)15-5-8-22-18(13-15)21-7-2-10-25/h1,3-6,8-9,11,13,25H,2,7,10,12H2,(H,21,22). The van der Waals surface area contributed by atoms with Gasteiger partial charge in [-0.3, -0.25) is 0 Å². The number of anilines is 1. The van der Waals surface area contributed by atoms with E-state index in [9.17, 15) is 0 Å². The van der Waals surface area contributed by atoms with Crippen LogP contribution >= 0.6 is 11.6 Å². The van der Waals surface area contributed by atoms with Gasteiger partial charge in [0.25, 0.3) is 0 Å². The minimum atomic E-state index is 0.158. The summed E-state index contributed by atoms with van der Waals surface area (Å²) < 4.78 is 0. The van der Waals surface area contributed by atoms with E-state index in [1.165, 1.54) is 0 Å². The molecule has 0 aliphatic rings. The molecule has 0 aliphatic heterocycles. The van der Waals surface area contributed by atoms with Gasteiger partial charge in [0.15, 0.2) is 0 Å². The van der Waals surface area contributed by atoms with Crippen LogP contribution < -0.4 is 5.32 Å². The number of nitrogens with one attached hydrogen (secondary N) is 1. The Balaban J connectivity index is 1.78. The molecule has 0 bridgehead atoms. The topological polar surface area (TPSA) is 70.9 Å². The monoisotopic (exact) mass is 354 g/mol. The van der Waals surface area contributed by atoms with Gasteiger partial charge in [0.05, 0.1) is 5.69 Å². The average Bonchev–Trinajstić information content (AvgIpc) is 2.63. The predicted octanol–water partition coefficient (Wildman–Crippen LogP) is 3.58. The van der Waals surface area contributed by atoms with Gasteiger partial charge in [-0.1, -0.05) is 23.7 Å². The van der Waals surface area contributed by atoms with Crippen molar-refractivity contribution in [1.29, 1.82) is 0 Å². The molecule has 0 radical (unpaired) electrons. The van der Waals surface area contributed by atoms with E-state index < -0.39 is 0 Å². The Morgan fingerprint density at radius 1 is 1.04 bits per heavy atom. The number of hydrogen-bond donors (Lipinski definition) is 2. The maximum Gasteiger partial charge on any atom is 0.133 e. The van der Waals surface area contributed by atoms with Crippen LogP contribution in [-0.4, -0.2) is 33.2 Å². The molecule has 2 N–H and O–H groups in total. The van der Waals surface area contributed by atoms with E-state index in [1.807, 2.05) is 42.5 Å². The molecule has 0 amide bonds. The first-order chi connectivity index (χ1) is 12.2. The number of rotatable bonds is 7. The highest BCUT2D eigenvalue weighted by Gasteiger charge is 2.05. The molecule has 0 fully saturated rings. The van der Waals surface area contributed by atoms with Crippen molar-refractivity contribution < 1.29 is 5.11 Å². The van der Waals surface area contributed by atoms with Crippen LogP contribution in [0.5, 0.6) is 0 Å². The molecule has 0 spiro atoms. The maximum absolute atomic E-state index is 8.86. The number of aromatic nitrogens is 3. The summed E-state index contributed by atoms with van der Waals surface area (Å²) in [7, 11) is 0. The van der Waals surface area contributed by atoms with Gasteiger partial charge in [-0.05, 0) is 42.3 Å². The van der Waals surface area contributed by atoms with Gasteiger partial charge >= 0.3 is 0 Å². The van der Waals surface area contributed by atoms with E-state index in [1.54, 1.807) is 12.4 Å². The summed E-state index contributed by atoms with van der Waals surface area (Å²) in [4.78, 5) is 13.3. The van der Waals surface area contributed by atoms with Gasteiger partial charge in [-0.25, -0.2) is 15.0 Å². The molecule has 2 aromatic heterocycles. The SMILES string of the molecule is OCCCNc1cc(-c2ccnc(Cc3cccc(Cl)c3)n2)ccn1. The third-order valence-corrected chi connectivity index (χ3v) is 3.89. The van der Waals surface area contributed by atoms with E-state index in [4.69, 9.17) is 16.7 Å². The first kappa shape index (κ1) is 17.3. The van der Waals surface area contributed by atoms with Crippen LogP contribution in [0, 0.1) is 0 Å². The second kappa shape index (κ2) is 8.55. The predicted molar refractivity (Wildman–Crippen MR) is 99.7 cm³/mol.